The molecule has 1 heterocycles. The Morgan fingerprint density at radius 3 is 2.62 bits per heavy atom. The fraction of sp³-hybridized carbons (Fsp3) is 0.0870. The van der Waals surface area contributed by atoms with Crippen molar-refractivity contribution < 1.29 is 19.2 Å². The molecule has 0 bridgehead atoms. The number of carbonyl (C=O) groups is 1. The van der Waals surface area contributed by atoms with Gasteiger partial charge in [0.15, 0.2) is 6.61 Å². The third-order valence-corrected chi connectivity index (χ3v) is 5.07. The Bertz CT molecular complexity index is 1330. The third-order valence-electron chi connectivity index (χ3n) is 4.83. The second-order valence-corrected chi connectivity index (χ2v) is 7.44. The van der Waals surface area contributed by atoms with E-state index in [4.69, 9.17) is 21.1 Å². The maximum absolute atomic E-state index is 12.7. The molecule has 0 saturated carbocycles. The summed E-state index contributed by atoms with van der Waals surface area (Å²) in [5.74, 6) is 0.497. The first-order valence-corrected chi connectivity index (χ1v) is 10.3. The quantitative estimate of drug-likeness (QED) is 0.291. The summed E-state index contributed by atoms with van der Waals surface area (Å²) >= 11 is 6.09. The van der Waals surface area contributed by atoms with Crippen molar-refractivity contribution in [2.45, 2.75) is 0 Å². The van der Waals surface area contributed by atoms with Crippen LogP contribution in [0.25, 0.3) is 16.8 Å². The molecule has 0 atom stereocenters. The standard InChI is InChI=1S/C23H18ClN5O5/c1-33-18-6-2-15(3-7-18)19-11-17(29(31)32)5-9-22(19)34-12-23(30)27-20-10-16(24)4-8-21(20)28-14-25-13-26-28/h2-11,13-14H,12H2,1H3,(H,27,30). The van der Waals surface area contributed by atoms with E-state index >= 15 is 0 Å². The highest BCUT2D eigenvalue weighted by atomic mass is 35.5. The number of hydrogen-bond donors (Lipinski definition) is 1. The number of nitro benzene ring substituents is 1. The van der Waals surface area contributed by atoms with E-state index in [0.29, 0.717) is 39.0 Å². The number of anilines is 1. The number of carbonyl (C=O) groups excluding carboxylic acids is 1. The molecule has 10 nitrogen and oxygen atoms in total. The zero-order chi connectivity index (χ0) is 24.1. The number of non-ortho nitro benzene ring substituents is 1. The molecule has 172 valence electrons. The van der Waals surface area contributed by atoms with E-state index in [0.717, 1.165) is 0 Å². The first-order chi connectivity index (χ1) is 16.4. The predicted molar refractivity (Wildman–Crippen MR) is 126 cm³/mol. The Morgan fingerprint density at radius 2 is 1.94 bits per heavy atom. The lowest BCUT2D eigenvalue weighted by molar-refractivity contribution is -0.384. The molecule has 3 aromatic carbocycles. The van der Waals surface area contributed by atoms with E-state index in [9.17, 15) is 14.9 Å². The van der Waals surface area contributed by atoms with Crippen molar-refractivity contribution in [2.24, 2.45) is 0 Å². The van der Waals surface area contributed by atoms with Crippen LogP contribution in [0.3, 0.4) is 0 Å². The topological polar surface area (TPSA) is 121 Å². The SMILES string of the molecule is COc1ccc(-c2cc([N+](=O)[O-])ccc2OCC(=O)Nc2cc(Cl)ccc2-n2cncn2)cc1. The molecule has 0 fully saturated rings. The number of benzene rings is 3. The summed E-state index contributed by atoms with van der Waals surface area (Å²) in [7, 11) is 1.55. The van der Waals surface area contributed by atoms with Crippen molar-refractivity contribution in [1.29, 1.82) is 0 Å². The average Bonchev–Trinajstić information content (AvgIpc) is 3.37. The van der Waals surface area contributed by atoms with Gasteiger partial charge in [-0.2, -0.15) is 5.10 Å². The van der Waals surface area contributed by atoms with E-state index in [1.54, 1.807) is 49.6 Å². The molecule has 0 unspecified atom stereocenters. The smallest absolute Gasteiger partial charge is 0.270 e. The zero-order valence-electron chi connectivity index (χ0n) is 17.8. The van der Waals surface area contributed by atoms with Crippen molar-refractivity contribution in [3.05, 3.63) is 88.5 Å². The van der Waals surface area contributed by atoms with Crippen LogP contribution >= 0.6 is 11.6 Å². The van der Waals surface area contributed by atoms with Crippen LogP contribution in [-0.4, -0.2) is 39.3 Å². The first kappa shape index (κ1) is 22.7. The lowest BCUT2D eigenvalue weighted by Gasteiger charge is -2.14. The monoisotopic (exact) mass is 479 g/mol. The summed E-state index contributed by atoms with van der Waals surface area (Å²) in [5.41, 5.74) is 2.04. The van der Waals surface area contributed by atoms with E-state index in [2.05, 4.69) is 15.4 Å². The molecule has 1 aromatic heterocycles. The highest BCUT2D eigenvalue weighted by Crippen LogP contribution is 2.34. The zero-order valence-corrected chi connectivity index (χ0v) is 18.6. The van der Waals surface area contributed by atoms with Crippen molar-refractivity contribution in [1.82, 2.24) is 14.8 Å². The summed E-state index contributed by atoms with van der Waals surface area (Å²) in [6.07, 6.45) is 2.87. The minimum absolute atomic E-state index is 0.0981. The average molecular weight is 480 g/mol. The number of methoxy groups -OCH3 is 1. The van der Waals surface area contributed by atoms with Crippen molar-refractivity contribution >= 4 is 28.9 Å². The van der Waals surface area contributed by atoms with Gasteiger partial charge in [0.2, 0.25) is 0 Å². The molecule has 0 aliphatic rings. The van der Waals surface area contributed by atoms with E-state index in [1.165, 1.54) is 35.5 Å². The number of aromatic nitrogens is 3. The molecule has 34 heavy (non-hydrogen) atoms. The van der Waals surface area contributed by atoms with Gasteiger partial charge in [-0.25, -0.2) is 9.67 Å². The minimum Gasteiger partial charge on any atom is -0.497 e. The van der Waals surface area contributed by atoms with Gasteiger partial charge >= 0.3 is 0 Å². The summed E-state index contributed by atoms with van der Waals surface area (Å²) in [4.78, 5) is 27.4. The Labute approximate surface area is 198 Å². The summed E-state index contributed by atoms with van der Waals surface area (Å²) in [6.45, 7) is -0.343. The number of halogens is 1. The Morgan fingerprint density at radius 1 is 1.15 bits per heavy atom. The molecule has 0 aliphatic carbocycles. The number of nitro groups is 1. The van der Waals surface area contributed by atoms with E-state index < -0.39 is 10.8 Å². The van der Waals surface area contributed by atoms with Crippen molar-refractivity contribution in [3.63, 3.8) is 0 Å². The Kier molecular flexibility index (Phi) is 6.69. The number of nitrogens with zero attached hydrogens (tertiary/aromatic N) is 4. The van der Waals surface area contributed by atoms with Crippen LogP contribution < -0.4 is 14.8 Å². The third kappa shape index (κ3) is 5.13. The van der Waals surface area contributed by atoms with Crippen LogP contribution in [0.1, 0.15) is 0 Å². The highest BCUT2D eigenvalue weighted by Gasteiger charge is 2.16. The molecule has 4 aromatic rings. The molecule has 0 aliphatic heterocycles. The number of ether oxygens (including phenoxy) is 2. The number of amides is 1. The van der Waals surface area contributed by atoms with Gasteiger partial charge in [-0.05, 0) is 42.0 Å². The van der Waals surface area contributed by atoms with E-state index in [1.807, 2.05) is 0 Å². The maximum atomic E-state index is 12.7. The van der Waals surface area contributed by atoms with Crippen LogP contribution in [-0.2, 0) is 4.79 Å². The number of nitrogens with one attached hydrogen (secondary N) is 1. The number of rotatable bonds is 8. The van der Waals surface area contributed by atoms with Gasteiger partial charge in [0.25, 0.3) is 11.6 Å². The molecule has 11 heteroatoms. The second kappa shape index (κ2) is 10.0. The van der Waals surface area contributed by atoms with Gasteiger partial charge in [0, 0.05) is 22.7 Å². The van der Waals surface area contributed by atoms with Gasteiger partial charge in [0.1, 0.15) is 24.2 Å². The molecule has 1 N–H and O–H groups in total. The minimum atomic E-state index is -0.492. The molecule has 1 amide bonds. The van der Waals surface area contributed by atoms with Crippen molar-refractivity contribution in [2.75, 3.05) is 19.0 Å². The van der Waals surface area contributed by atoms with Gasteiger partial charge in [0.05, 0.1) is 23.4 Å². The largest absolute Gasteiger partial charge is 0.497 e. The summed E-state index contributed by atoms with van der Waals surface area (Å²) in [5, 5.41) is 18.5. The maximum Gasteiger partial charge on any atom is 0.270 e. The van der Waals surface area contributed by atoms with E-state index in [-0.39, 0.29) is 12.3 Å². The second-order valence-electron chi connectivity index (χ2n) is 7.00. The van der Waals surface area contributed by atoms with Crippen LogP contribution in [0.4, 0.5) is 11.4 Å². The van der Waals surface area contributed by atoms with Crippen LogP contribution in [0.2, 0.25) is 5.02 Å². The molecule has 4 rings (SSSR count). The highest BCUT2D eigenvalue weighted by molar-refractivity contribution is 6.31. The summed E-state index contributed by atoms with van der Waals surface area (Å²) in [6, 6.07) is 16.1. The van der Waals surface area contributed by atoms with Crippen LogP contribution in [0.5, 0.6) is 11.5 Å². The lowest BCUT2D eigenvalue weighted by Crippen LogP contribution is -2.21. The predicted octanol–water partition coefficient (Wildman–Crippen LogP) is 4.52. The van der Waals surface area contributed by atoms with Gasteiger partial charge in [-0.1, -0.05) is 23.7 Å². The number of hydrogen-bond acceptors (Lipinski definition) is 7. The molecule has 0 radical (unpaired) electrons. The van der Waals surface area contributed by atoms with Crippen LogP contribution in [0.15, 0.2) is 73.3 Å². The van der Waals surface area contributed by atoms with Gasteiger partial charge < -0.3 is 14.8 Å². The molecular formula is C23H18ClN5O5. The normalized spacial score (nSPS) is 10.5. The Hall–Kier alpha value is -4.44. The summed E-state index contributed by atoms with van der Waals surface area (Å²) < 4.78 is 12.4. The fourth-order valence-electron chi connectivity index (χ4n) is 3.22. The lowest BCUT2D eigenvalue weighted by atomic mass is 10.0. The fourth-order valence-corrected chi connectivity index (χ4v) is 3.40. The van der Waals surface area contributed by atoms with Gasteiger partial charge in [-0.3, -0.25) is 14.9 Å². The van der Waals surface area contributed by atoms with Crippen LogP contribution in [0, 0.1) is 10.1 Å². The molecular weight excluding hydrogens is 462 g/mol. The first-order valence-electron chi connectivity index (χ1n) is 9.94. The molecule has 0 spiro atoms. The van der Waals surface area contributed by atoms with Gasteiger partial charge in [-0.15, -0.1) is 0 Å². The molecule has 0 saturated heterocycles. The van der Waals surface area contributed by atoms with Crippen molar-refractivity contribution in [3.8, 4) is 28.3 Å². The Balaban J connectivity index is 1.55.